The quantitative estimate of drug-likeness (QED) is 0.0866. The summed E-state index contributed by atoms with van der Waals surface area (Å²) in [6, 6.07) is 27.1. The molecule has 38 heavy (non-hydrogen) atoms. The number of carbonyl (C=O) groups is 2. The molecule has 4 nitrogen and oxygen atoms in total. The number of carbonyl (C=O) groups excluding carboxylic acids is 2. The van der Waals surface area contributed by atoms with Gasteiger partial charge in [0.1, 0.15) is 11.5 Å². The van der Waals surface area contributed by atoms with E-state index < -0.39 is 10.8 Å². The van der Waals surface area contributed by atoms with Gasteiger partial charge in [-0.2, -0.15) is 0 Å². The lowest BCUT2D eigenvalue weighted by Gasteiger charge is -2.22. The van der Waals surface area contributed by atoms with Crippen LogP contribution >= 0.6 is 23.5 Å². The lowest BCUT2D eigenvalue weighted by Crippen LogP contribution is -2.29. The fourth-order valence-electron chi connectivity index (χ4n) is 3.59. The van der Waals surface area contributed by atoms with Crippen molar-refractivity contribution in [2.24, 2.45) is 10.8 Å². The average molecular weight is 551 g/mol. The molecule has 202 valence electrons. The van der Waals surface area contributed by atoms with Crippen LogP contribution in [-0.2, 0) is 9.59 Å². The fraction of sp³-hybridized carbons (Fsp3) is 0.375. The number of benzene rings is 3. The first kappa shape index (κ1) is 29.9. The van der Waals surface area contributed by atoms with Crippen molar-refractivity contribution >= 4 is 35.5 Å². The summed E-state index contributed by atoms with van der Waals surface area (Å²) in [6.07, 6.45) is 3.54. The molecule has 0 aromatic heterocycles. The van der Waals surface area contributed by atoms with Gasteiger partial charge in [-0.15, -0.1) is 23.5 Å². The Hall–Kier alpha value is -2.70. The molecule has 0 spiro atoms. The fourth-order valence-corrected chi connectivity index (χ4v) is 5.68. The highest BCUT2D eigenvalue weighted by molar-refractivity contribution is 7.99. The van der Waals surface area contributed by atoms with Gasteiger partial charge in [-0.3, -0.25) is 9.59 Å². The Morgan fingerprint density at radius 1 is 0.579 bits per heavy atom. The highest BCUT2D eigenvalue weighted by Crippen LogP contribution is 2.31. The third kappa shape index (κ3) is 9.88. The normalized spacial score (nSPS) is 11.7. The molecular weight excluding hydrogens is 512 g/mol. The Balaban J connectivity index is 1.32. The van der Waals surface area contributed by atoms with Gasteiger partial charge in [0.15, 0.2) is 0 Å². The lowest BCUT2D eigenvalue weighted by molar-refractivity contribution is -0.145. The van der Waals surface area contributed by atoms with Gasteiger partial charge in [0.2, 0.25) is 0 Å². The van der Waals surface area contributed by atoms with E-state index in [4.69, 9.17) is 9.47 Å². The number of esters is 2. The zero-order chi connectivity index (χ0) is 27.4. The van der Waals surface area contributed by atoms with Crippen molar-refractivity contribution < 1.29 is 19.1 Å². The molecule has 0 amide bonds. The second kappa shape index (κ2) is 14.5. The molecule has 3 aromatic rings. The third-order valence-corrected chi connectivity index (χ3v) is 8.41. The molecule has 0 aliphatic rings. The summed E-state index contributed by atoms with van der Waals surface area (Å²) >= 11 is 3.59. The number of rotatable bonds is 14. The van der Waals surface area contributed by atoms with Gasteiger partial charge in [0.25, 0.3) is 0 Å². The van der Waals surface area contributed by atoms with Crippen molar-refractivity contribution in [3.63, 3.8) is 0 Å². The van der Waals surface area contributed by atoms with E-state index in [0.717, 1.165) is 37.2 Å². The Morgan fingerprint density at radius 2 is 1.00 bits per heavy atom. The van der Waals surface area contributed by atoms with E-state index in [2.05, 4.69) is 24.3 Å². The van der Waals surface area contributed by atoms with Gasteiger partial charge in [0, 0.05) is 9.79 Å². The maximum Gasteiger partial charge on any atom is 0.316 e. The molecule has 0 fully saturated rings. The molecule has 3 rings (SSSR count). The minimum Gasteiger partial charge on any atom is -0.426 e. The predicted octanol–water partition coefficient (Wildman–Crippen LogP) is 8.69. The molecule has 3 aromatic carbocycles. The van der Waals surface area contributed by atoms with Crippen LogP contribution in [0.1, 0.15) is 53.4 Å². The zero-order valence-corrected chi connectivity index (χ0v) is 24.4. The molecule has 0 saturated carbocycles. The molecule has 0 heterocycles. The van der Waals surface area contributed by atoms with Crippen molar-refractivity contribution in [2.75, 3.05) is 11.5 Å². The zero-order valence-electron chi connectivity index (χ0n) is 22.8. The van der Waals surface area contributed by atoms with E-state index >= 15 is 0 Å². The van der Waals surface area contributed by atoms with Crippen molar-refractivity contribution in [2.45, 2.75) is 63.2 Å². The van der Waals surface area contributed by atoms with Gasteiger partial charge in [-0.25, -0.2) is 0 Å². The molecule has 0 unspecified atom stereocenters. The monoisotopic (exact) mass is 550 g/mol. The van der Waals surface area contributed by atoms with E-state index in [1.807, 2.05) is 75.9 Å². The van der Waals surface area contributed by atoms with Crippen LogP contribution < -0.4 is 9.47 Å². The Bertz CT molecular complexity index is 1140. The molecule has 0 N–H and O–H groups in total. The Labute approximate surface area is 235 Å². The van der Waals surface area contributed by atoms with E-state index in [0.29, 0.717) is 11.5 Å². The summed E-state index contributed by atoms with van der Waals surface area (Å²) in [4.78, 5) is 27.5. The molecule has 0 aliphatic carbocycles. The minimum atomic E-state index is -0.550. The van der Waals surface area contributed by atoms with Gasteiger partial charge < -0.3 is 9.47 Å². The summed E-state index contributed by atoms with van der Waals surface area (Å²) in [5.74, 6) is 2.64. The Kier molecular flexibility index (Phi) is 11.4. The number of ether oxygens (including phenoxy) is 2. The van der Waals surface area contributed by atoms with Crippen LogP contribution in [0.15, 0.2) is 94.7 Å². The Morgan fingerprint density at radius 3 is 1.47 bits per heavy atom. The molecule has 0 saturated heterocycles. The topological polar surface area (TPSA) is 52.6 Å². The summed E-state index contributed by atoms with van der Waals surface area (Å²) in [5.41, 5.74) is -1.06. The molecule has 0 bridgehead atoms. The predicted molar refractivity (Wildman–Crippen MR) is 158 cm³/mol. The van der Waals surface area contributed by atoms with Gasteiger partial charge in [-0.05, 0) is 107 Å². The number of unbranched alkanes of at least 4 members (excludes halogenated alkanes) is 1. The highest BCUT2D eigenvalue weighted by Gasteiger charge is 2.30. The van der Waals surface area contributed by atoms with Crippen LogP contribution in [0.3, 0.4) is 0 Å². The van der Waals surface area contributed by atoms with Crippen molar-refractivity contribution in [3.05, 3.63) is 84.9 Å². The molecule has 6 heteroatoms. The van der Waals surface area contributed by atoms with E-state index in [-0.39, 0.29) is 11.9 Å². The van der Waals surface area contributed by atoms with Crippen LogP contribution in [0.5, 0.6) is 11.5 Å². The van der Waals surface area contributed by atoms with Crippen molar-refractivity contribution in [3.8, 4) is 11.5 Å². The maximum absolute atomic E-state index is 12.6. The molecule has 0 aliphatic heterocycles. The smallest absolute Gasteiger partial charge is 0.316 e. The number of thioether (sulfide) groups is 2. The van der Waals surface area contributed by atoms with Gasteiger partial charge in [-0.1, -0.05) is 42.8 Å². The standard InChI is InChI=1S/C32H38O4S2/c1-31(2,29(33)35-25-13-7-5-8-14-25)21-11-12-23-37-27-17-19-28(20-18-27)38-24-22-32(3,4)30(34)36-26-15-9-6-10-16-26/h5-10,13-20H,11-12,21-24H2,1-4H3. The molecular formula is C32H38O4S2. The van der Waals surface area contributed by atoms with E-state index in [1.54, 1.807) is 36.0 Å². The second-order valence-corrected chi connectivity index (χ2v) is 12.9. The van der Waals surface area contributed by atoms with Gasteiger partial charge in [0.05, 0.1) is 10.8 Å². The lowest BCUT2D eigenvalue weighted by atomic mass is 9.87. The van der Waals surface area contributed by atoms with Crippen molar-refractivity contribution in [1.82, 2.24) is 0 Å². The van der Waals surface area contributed by atoms with E-state index in [1.165, 1.54) is 9.79 Å². The SMILES string of the molecule is CC(C)(CCCCSc1ccc(SCCC(C)(C)C(=O)Oc2ccccc2)cc1)C(=O)Oc1ccccc1. The number of hydrogen-bond donors (Lipinski definition) is 0. The summed E-state index contributed by atoms with van der Waals surface area (Å²) in [5, 5.41) is 0. The van der Waals surface area contributed by atoms with Crippen LogP contribution in [0.25, 0.3) is 0 Å². The number of hydrogen-bond acceptors (Lipinski definition) is 6. The second-order valence-electron chi connectivity index (χ2n) is 10.5. The first-order chi connectivity index (χ1) is 18.2. The average Bonchev–Trinajstić information content (AvgIpc) is 2.90. The van der Waals surface area contributed by atoms with Crippen LogP contribution in [0, 0.1) is 10.8 Å². The minimum absolute atomic E-state index is 0.180. The first-order valence-electron chi connectivity index (χ1n) is 13.1. The third-order valence-electron chi connectivity index (χ3n) is 6.30. The first-order valence-corrected chi connectivity index (χ1v) is 15.0. The van der Waals surface area contributed by atoms with Crippen molar-refractivity contribution in [1.29, 1.82) is 0 Å². The summed E-state index contributed by atoms with van der Waals surface area (Å²) in [6.45, 7) is 7.78. The van der Waals surface area contributed by atoms with Crippen LogP contribution in [-0.4, -0.2) is 23.4 Å². The van der Waals surface area contributed by atoms with Gasteiger partial charge >= 0.3 is 11.9 Å². The molecule has 0 atom stereocenters. The summed E-state index contributed by atoms with van der Waals surface area (Å²) < 4.78 is 11.1. The van der Waals surface area contributed by atoms with E-state index in [9.17, 15) is 9.59 Å². The number of para-hydroxylation sites is 2. The van der Waals surface area contributed by atoms with Crippen LogP contribution in [0.2, 0.25) is 0 Å². The highest BCUT2D eigenvalue weighted by atomic mass is 32.2. The maximum atomic E-state index is 12.6. The largest absolute Gasteiger partial charge is 0.426 e. The summed E-state index contributed by atoms with van der Waals surface area (Å²) in [7, 11) is 0. The van der Waals surface area contributed by atoms with Crippen LogP contribution in [0.4, 0.5) is 0 Å². The molecule has 0 radical (unpaired) electrons.